The van der Waals surface area contributed by atoms with E-state index in [0.29, 0.717) is 11.6 Å². The summed E-state index contributed by atoms with van der Waals surface area (Å²) < 4.78 is 0. The molecule has 0 N–H and O–H groups in total. The molecule has 1 radical (unpaired) electrons. The average molecular weight is 273 g/mol. The van der Waals surface area contributed by atoms with Crippen molar-refractivity contribution >= 4 is 17.8 Å². The Morgan fingerprint density at radius 2 is 1.89 bits per heavy atom. The van der Waals surface area contributed by atoms with Gasteiger partial charge in [0, 0.05) is 10.6 Å². The Morgan fingerprint density at radius 1 is 1.11 bits per heavy atom. The van der Waals surface area contributed by atoms with Gasteiger partial charge in [-0.2, -0.15) is 0 Å². The average Bonchev–Trinajstić information content (AvgIpc) is 2.44. The van der Waals surface area contributed by atoms with Crippen LogP contribution in [0.25, 0.3) is 0 Å². The fraction of sp³-hybridized carbons (Fsp3) is 0.188. The molecule has 0 aliphatic heterocycles. The zero-order valence-corrected chi connectivity index (χ0v) is 11.5. The Bertz CT molecular complexity index is 566. The molecule has 2 rings (SSSR count). The van der Waals surface area contributed by atoms with Gasteiger partial charge in [-0.3, -0.25) is 0 Å². The van der Waals surface area contributed by atoms with Gasteiger partial charge in [0.1, 0.15) is 12.8 Å². The van der Waals surface area contributed by atoms with E-state index in [9.17, 15) is 0 Å². The van der Waals surface area contributed by atoms with E-state index in [-0.39, 0.29) is 0 Å². The van der Waals surface area contributed by atoms with Crippen molar-refractivity contribution in [3.8, 4) is 0 Å². The molecule has 0 amide bonds. The molecule has 0 saturated carbocycles. The summed E-state index contributed by atoms with van der Waals surface area (Å²) in [5.41, 5.74) is 3.17. The maximum Gasteiger partial charge on any atom is 0.142 e. The van der Waals surface area contributed by atoms with Crippen molar-refractivity contribution in [2.24, 2.45) is 5.16 Å². The molecule has 0 aliphatic carbocycles. The number of nitrogens with zero attached hydrogens (tertiary/aromatic N) is 1. The minimum atomic E-state index is 0.390. The molecule has 0 aromatic heterocycles. The summed E-state index contributed by atoms with van der Waals surface area (Å²) in [6.07, 6.45) is 3.87. The van der Waals surface area contributed by atoms with Crippen LogP contribution in [0.4, 0.5) is 0 Å². The molecule has 97 valence electrons. The van der Waals surface area contributed by atoms with Crippen LogP contribution in [0.5, 0.6) is 0 Å². The molecular formula is C16H15ClNO. The molecule has 19 heavy (non-hydrogen) atoms. The lowest BCUT2D eigenvalue weighted by molar-refractivity contribution is 0.132. The van der Waals surface area contributed by atoms with Gasteiger partial charge in [0.2, 0.25) is 0 Å². The lowest BCUT2D eigenvalue weighted by atomic mass is 10.1. The van der Waals surface area contributed by atoms with Crippen LogP contribution < -0.4 is 0 Å². The molecule has 2 nitrogen and oxygen atoms in total. The summed E-state index contributed by atoms with van der Waals surface area (Å²) in [4.78, 5) is 5.21. The SMILES string of the molecule is CCc1cccc(/[C]=N\OCc2cccc(Cl)c2)c1. The fourth-order valence-corrected chi connectivity index (χ4v) is 1.89. The Kier molecular flexibility index (Phi) is 4.99. The van der Waals surface area contributed by atoms with Crippen molar-refractivity contribution in [2.75, 3.05) is 0 Å². The van der Waals surface area contributed by atoms with Crippen LogP contribution in [0.2, 0.25) is 5.02 Å². The van der Waals surface area contributed by atoms with Gasteiger partial charge in [-0.1, -0.05) is 54.0 Å². The third-order valence-electron chi connectivity index (χ3n) is 2.69. The molecule has 0 unspecified atom stereocenters. The first-order valence-electron chi connectivity index (χ1n) is 6.19. The van der Waals surface area contributed by atoms with Gasteiger partial charge in [0.15, 0.2) is 0 Å². The van der Waals surface area contributed by atoms with Crippen molar-refractivity contribution in [1.82, 2.24) is 0 Å². The highest BCUT2D eigenvalue weighted by Crippen LogP contribution is 2.11. The summed E-state index contributed by atoms with van der Waals surface area (Å²) in [5, 5.41) is 4.55. The van der Waals surface area contributed by atoms with Crippen LogP contribution >= 0.6 is 11.6 Å². The van der Waals surface area contributed by atoms with Crippen molar-refractivity contribution in [1.29, 1.82) is 0 Å². The van der Waals surface area contributed by atoms with E-state index in [1.54, 1.807) is 0 Å². The molecule has 0 atom stereocenters. The Morgan fingerprint density at radius 3 is 2.68 bits per heavy atom. The largest absolute Gasteiger partial charge is 0.390 e. The standard InChI is InChI=1S/C16H15ClNO/c1-2-13-5-3-6-14(9-13)11-18-19-12-15-7-4-8-16(17)10-15/h3-10H,2,12H2,1H3. The second kappa shape index (κ2) is 6.95. The van der Waals surface area contributed by atoms with Crippen molar-refractivity contribution < 1.29 is 4.84 Å². The predicted molar refractivity (Wildman–Crippen MR) is 78.6 cm³/mol. The third-order valence-corrected chi connectivity index (χ3v) is 2.93. The van der Waals surface area contributed by atoms with Gasteiger partial charge in [-0.05, 0) is 35.7 Å². The summed E-state index contributed by atoms with van der Waals surface area (Å²) in [6.45, 7) is 2.51. The van der Waals surface area contributed by atoms with Crippen LogP contribution in [-0.4, -0.2) is 6.21 Å². The molecule has 0 fully saturated rings. The first-order valence-corrected chi connectivity index (χ1v) is 6.57. The highest BCUT2D eigenvalue weighted by molar-refractivity contribution is 6.30. The Hall–Kier alpha value is -1.80. The van der Waals surface area contributed by atoms with Crippen molar-refractivity contribution in [3.05, 3.63) is 70.2 Å². The van der Waals surface area contributed by atoms with Crippen LogP contribution in [0.15, 0.2) is 53.7 Å². The zero-order valence-electron chi connectivity index (χ0n) is 10.8. The number of hydrogen-bond donors (Lipinski definition) is 0. The van der Waals surface area contributed by atoms with E-state index in [2.05, 4.69) is 24.4 Å². The highest BCUT2D eigenvalue weighted by Gasteiger charge is 1.95. The molecule has 2 aromatic rings. The second-order valence-corrected chi connectivity index (χ2v) is 4.60. The van der Waals surface area contributed by atoms with Crippen LogP contribution in [-0.2, 0) is 17.9 Å². The zero-order chi connectivity index (χ0) is 13.5. The molecule has 0 spiro atoms. The van der Waals surface area contributed by atoms with Gasteiger partial charge >= 0.3 is 0 Å². The molecule has 2 aromatic carbocycles. The van der Waals surface area contributed by atoms with E-state index in [4.69, 9.17) is 16.4 Å². The Labute approximate surface area is 118 Å². The summed E-state index contributed by atoms with van der Waals surface area (Å²) in [5.74, 6) is 0. The number of halogens is 1. The summed E-state index contributed by atoms with van der Waals surface area (Å²) >= 11 is 5.89. The predicted octanol–water partition coefficient (Wildman–Crippen LogP) is 4.33. The normalized spacial score (nSPS) is 10.8. The lowest BCUT2D eigenvalue weighted by Crippen LogP contribution is -1.89. The van der Waals surface area contributed by atoms with E-state index in [1.807, 2.05) is 42.5 Å². The molecule has 3 heteroatoms. The van der Waals surface area contributed by atoms with Gasteiger partial charge in [-0.15, -0.1) is 0 Å². The highest BCUT2D eigenvalue weighted by atomic mass is 35.5. The van der Waals surface area contributed by atoms with Crippen LogP contribution in [0, 0.1) is 0 Å². The van der Waals surface area contributed by atoms with Crippen molar-refractivity contribution in [2.45, 2.75) is 20.0 Å². The summed E-state index contributed by atoms with van der Waals surface area (Å²) in [7, 11) is 0. The number of benzene rings is 2. The van der Waals surface area contributed by atoms with Gasteiger partial charge < -0.3 is 4.84 Å². The second-order valence-electron chi connectivity index (χ2n) is 4.16. The monoisotopic (exact) mass is 272 g/mol. The Balaban J connectivity index is 1.89. The number of rotatable bonds is 5. The van der Waals surface area contributed by atoms with Crippen LogP contribution in [0.3, 0.4) is 0 Å². The van der Waals surface area contributed by atoms with Gasteiger partial charge in [0.25, 0.3) is 0 Å². The topological polar surface area (TPSA) is 21.6 Å². The summed E-state index contributed by atoms with van der Waals surface area (Å²) in [6, 6.07) is 15.6. The number of hydrogen-bond acceptors (Lipinski definition) is 2. The third kappa shape index (κ3) is 4.42. The molecular weight excluding hydrogens is 258 g/mol. The quantitative estimate of drug-likeness (QED) is 0.586. The van der Waals surface area contributed by atoms with Crippen molar-refractivity contribution in [3.63, 3.8) is 0 Å². The van der Waals surface area contributed by atoms with E-state index in [0.717, 1.165) is 17.5 Å². The minimum Gasteiger partial charge on any atom is -0.390 e. The molecule has 0 bridgehead atoms. The maximum absolute atomic E-state index is 5.89. The first kappa shape index (κ1) is 13.6. The molecule has 0 heterocycles. The minimum absolute atomic E-state index is 0.390. The lowest BCUT2D eigenvalue weighted by Gasteiger charge is -2.00. The first-order chi connectivity index (χ1) is 9.28. The smallest absolute Gasteiger partial charge is 0.142 e. The van der Waals surface area contributed by atoms with E-state index >= 15 is 0 Å². The maximum atomic E-state index is 5.89. The van der Waals surface area contributed by atoms with E-state index < -0.39 is 0 Å². The van der Waals surface area contributed by atoms with Gasteiger partial charge in [0.05, 0.1) is 0 Å². The van der Waals surface area contributed by atoms with Gasteiger partial charge in [-0.25, -0.2) is 0 Å². The van der Waals surface area contributed by atoms with Crippen LogP contribution in [0.1, 0.15) is 23.6 Å². The molecule has 0 aliphatic rings. The number of aryl methyl sites for hydroxylation is 1. The fourth-order valence-electron chi connectivity index (χ4n) is 1.68. The molecule has 0 saturated heterocycles. The van der Waals surface area contributed by atoms with E-state index in [1.165, 1.54) is 5.56 Å².